The van der Waals surface area contributed by atoms with Crippen molar-refractivity contribution in [3.05, 3.63) is 103 Å². The molecule has 4 rings (SSSR count). The van der Waals surface area contributed by atoms with Crippen LogP contribution in [0.2, 0.25) is 0 Å². The molecule has 2 aromatic carbocycles. The molecule has 0 spiro atoms. The van der Waals surface area contributed by atoms with Gasteiger partial charge < -0.3 is 24.8 Å². The van der Waals surface area contributed by atoms with Crippen molar-refractivity contribution in [1.82, 2.24) is 0 Å². The molecule has 2 aromatic rings. The van der Waals surface area contributed by atoms with Crippen LogP contribution in [0.4, 0.5) is 0 Å². The van der Waals surface area contributed by atoms with Gasteiger partial charge in [-0.15, -0.1) is 0 Å². The molecule has 0 saturated carbocycles. The Morgan fingerprint density at radius 1 is 0.647 bits per heavy atom. The minimum Gasteiger partial charge on any atom is -1.00 e. The van der Waals surface area contributed by atoms with Crippen molar-refractivity contribution in [3.63, 3.8) is 0 Å². The minimum atomic E-state index is -2.39. The third-order valence-corrected chi connectivity index (χ3v) is 33.6. The van der Waals surface area contributed by atoms with Gasteiger partial charge in [-0.25, -0.2) is 0 Å². The summed E-state index contributed by atoms with van der Waals surface area (Å²) in [4.78, 5) is 0. The summed E-state index contributed by atoms with van der Waals surface area (Å²) >= 11 is -2.39. The van der Waals surface area contributed by atoms with Gasteiger partial charge in [0.15, 0.2) is 0 Å². The molecule has 2 aliphatic carbocycles. The first kappa shape index (κ1) is 29.3. The fraction of sp³-hybridized carbons (Fsp3) is 0.333. The van der Waals surface area contributed by atoms with Gasteiger partial charge in [-0.05, 0) is 0 Å². The molecule has 34 heavy (non-hydrogen) atoms. The maximum Gasteiger partial charge on any atom is -1.00 e. The number of unbranched alkanes of at least 4 members (excludes halogenated alkanes) is 2. The summed E-state index contributed by atoms with van der Waals surface area (Å²) in [6, 6.07) is 23.2. The molecular formula is C30H36Cl2HfSi. The van der Waals surface area contributed by atoms with E-state index < -0.39 is 25.6 Å². The van der Waals surface area contributed by atoms with Gasteiger partial charge in [-0.3, -0.25) is 0 Å². The Labute approximate surface area is 227 Å². The van der Waals surface area contributed by atoms with Gasteiger partial charge in [0.25, 0.3) is 0 Å². The van der Waals surface area contributed by atoms with Crippen molar-refractivity contribution in [3.8, 4) is 0 Å². The zero-order valence-electron chi connectivity index (χ0n) is 20.5. The molecule has 4 heteroatoms. The zero-order chi connectivity index (χ0) is 22.2. The molecule has 178 valence electrons. The largest absolute Gasteiger partial charge is 1.00 e. The number of allylic oxidation sites excluding steroid dienone is 8. The van der Waals surface area contributed by atoms with E-state index in [2.05, 4.69) is 98.8 Å². The maximum atomic E-state index is 2.50. The van der Waals surface area contributed by atoms with Crippen LogP contribution in [0.1, 0.15) is 65.2 Å². The molecule has 0 unspecified atom stereocenters. The van der Waals surface area contributed by atoms with Crippen LogP contribution in [0.15, 0.2) is 103 Å². The quantitative estimate of drug-likeness (QED) is 0.333. The Morgan fingerprint density at radius 2 is 1.06 bits per heavy atom. The molecule has 0 aliphatic heterocycles. The maximum absolute atomic E-state index is 2.50. The number of benzene rings is 2. The number of hydrogen-bond donors (Lipinski definition) is 0. The Bertz CT molecular complexity index is 994. The van der Waals surface area contributed by atoms with E-state index in [-0.39, 0.29) is 24.8 Å². The van der Waals surface area contributed by atoms with E-state index in [1.54, 1.807) is 21.5 Å². The summed E-state index contributed by atoms with van der Waals surface area (Å²) in [5.74, 6) is 0. The van der Waals surface area contributed by atoms with Gasteiger partial charge in [0.2, 0.25) is 0 Å². The predicted molar refractivity (Wildman–Crippen MR) is 139 cm³/mol. The van der Waals surface area contributed by atoms with Crippen LogP contribution in [-0.4, -0.2) is 5.49 Å². The van der Waals surface area contributed by atoms with E-state index in [1.165, 1.54) is 51.4 Å². The Morgan fingerprint density at radius 3 is 1.44 bits per heavy atom. The molecule has 0 bridgehead atoms. The van der Waals surface area contributed by atoms with E-state index in [4.69, 9.17) is 0 Å². The first-order valence-electron chi connectivity index (χ1n) is 12.5. The number of hydrogen-bond acceptors (Lipinski definition) is 0. The number of halogens is 2. The topological polar surface area (TPSA) is 0 Å². The van der Waals surface area contributed by atoms with Crippen LogP contribution in [-0.2, 0) is 20.1 Å². The first-order chi connectivity index (χ1) is 15.8. The molecule has 0 fully saturated rings. The third-order valence-electron chi connectivity index (χ3n) is 6.64. The summed E-state index contributed by atoms with van der Waals surface area (Å²) in [7, 11) is 0. The molecule has 0 N–H and O–H groups in total. The van der Waals surface area contributed by atoms with Gasteiger partial charge in [-0.2, -0.15) is 0 Å². The van der Waals surface area contributed by atoms with Crippen LogP contribution in [0.3, 0.4) is 0 Å². The second-order valence-corrected chi connectivity index (χ2v) is 27.3. The molecule has 0 heterocycles. The van der Waals surface area contributed by atoms with Crippen LogP contribution in [0.5, 0.6) is 0 Å². The predicted octanol–water partition coefficient (Wildman–Crippen LogP) is 1.23. The Balaban J connectivity index is 0.00000204. The first-order valence-corrected chi connectivity index (χ1v) is 22.9. The monoisotopic (exact) mass is 674 g/mol. The van der Waals surface area contributed by atoms with Gasteiger partial charge in [0.05, 0.1) is 0 Å². The standard InChI is InChI=1S/C12H10Si.2C9H13.2ClH.Hf/c1-3-7-11(8-4-1)13-12-9-5-2-6-10-12;2*1-2-3-6-9-7-4-5-8-9;;;/h1-10H;2*4,7H,2-3,5-6H2,1H3;2*1H;/q;;;;;+2/p-2. The van der Waals surface area contributed by atoms with E-state index in [9.17, 15) is 0 Å². The summed E-state index contributed by atoms with van der Waals surface area (Å²) in [5.41, 5.74) is 2.64. The van der Waals surface area contributed by atoms with Crippen LogP contribution in [0, 0.1) is 0 Å². The summed E-state index contributed by atoms with van der Waals surface area (Å²) in [6.07, 6.45) is 20.2. The smallest absolute Gasteiger partial charge is 1.00 e. The summed E-state index contributed by atoms with van der Waals surface area (Å²) in [5, 5.41) is 3.27. The second-order valence-electron chi connectivity index (χ2n) is 8.91. The fourth-order valence-corrected chi connectivity index (χ4v) is 35.6. The van der Waals surface area contributed by atoms with Crippen molar-refractivity contribution in [2.75, 3.05) is 0 Å². The van der Waals surface area contributed by atoms with Crippen molar-refractivity contribution in [1.29, 1.82) is 0 Å². The van der Waals surface area contributed by atoms with Crippen molar-refractivity contribution < 1.29 is 44.9 Å². The summed E-state index contributed by atoms with van der Waals surface area (Å²) in [6.45, 7) is 4.66. The zero-order valence-corrected chi connectivity index (χ0v) is 26.6. The fourth-order valence-electron chi connectivity index (χ4n) is 4.98. The van der Waals surface area contributed by atoms with Crippen LogP contribution >= 0.6 is 0 Å². The van der Waals surface area contributed by atoms with Crippen LogP contribution in [0.25, 0.3) is 0 Å². The van der Waals surface area contributed by atoms with Gasteiger partial charge in [0, 0.05) is 0 Å². The van der Waals surface area contributed by atoms with Crippen LogP contribution < -0.4 is 35.2 Å². The third kappa shape index (κ3) is 7.06. The molecule has 0 radical (unpaired) electrons. The number of rotatable bonds is 10. The Hall–Kier alpha value is -0.933. The van der Waals surface area contributed by atoms with Gasteiger partial charge >= 0.3 is 204 Å². The normalized spacial score (nSPS) is 14.0. The SMILES string of the molecule is CCCCC1=[C]([Hf+2]([C]2=C(CCCC)C=CC2)=[Si](c2ccccc2)c2ccccc2)CC=C1.[Cl-].[Cl-]. The summed E-state index contributed by atoms with van der Waals surface area (Å²) < 4.78 is 3.86. The van der Waals surface area contributed by atoms with E-state index in [1.807, 2.05) is 6.66 Å². The second kappa shape index (κ2) is 15.2. The molecule has 0 nitrogen and oxygen atoms in total. The van der Waals surface area contributed by atoms with Crippen molar-refractivity contribution in [2.24, 2.45) is 0 Å². The molecule has 0 amide bonds. The molecule has 0 saturated heterocycles. The van der Waals surface area contributed by atoms with Gasteiger partial charge in [0.1, 0.15) is 0 Å². The van der Waals surface area contributed by atoms with E-state index in [0.29, 0.717) is 0 Å². The molecule has 2 aliphatic rings. The minimum absolute atomic E-state index is 0. The average Bonchev–Trinajstić information content (AvgIpc) is 3.50. The van der Waals surface area contributed by atoms with Gasteiger partial charge in [-0.1, -0.05) is 0 Å². The van der Waals surface area contributed by atoms with E-state index >= 15 is 0 Å². The van der Waals surface area contributed by atoms with E-state index in [0.717, 1.165) is 0 Å². The Kier molecular flexibility index (Phi) is 13.1. The molecular weight excluding hydrogens is 638 g/mol. The molecule has 0 aromatic heterocycles. The van der Waals surface area contributed by atoms with Crippen molar-refractivity contribution >= 4 is 15.9 Å². The molecule has 0 atom stereocenters. The van der Waals surface area contributed by atoms with Crippen molar-refractivity contribution in [2.45, 2.75) is 65.2 Å². The average molecular weight is 674 g/mol.